The van der Waals surface area contributed by atoms with Crippen molar-refractivity contribution in [2.75, 3.05) is 10.6 Å². The average Bonchev–Trinajstić information content (AvgIpc) is 2.69. The number of halogens is 3. The normalized spacial score (nSPS) is 11.0. The SMILES string of the molecule is O=C(Nc1ccc(C(=O)Nc2ccc(C(F)(F)F)cc2)cc1)c1ccccc1. The molecular formula is C21H15F3N2O2. The lowest BCUT2D eigenvalue weighted by Crippen LogP contribution is -2.14. The molecule has 0 fully saturated rings. The predicted molar refractivity (Wildman–Crippen MR) is 100 cm³/mol. The van der Waals surface area contributed by atoms with Crippen molar-refractivity contribution in [2.24, 2.45) is 0 Å². The fraction of sp³-hybridized carbons (Fsp3) is 0.0476. The van der Waals surface area contributed by atoms with E-state index in [2.05, 4.69) is 10.6 Å². The Kier molecular flexibility index (Phi) is 5.44. The van der Waals surface area contributed by atoms with Crippen LogP contribution in [-0.4, -0.2) is 11.8 Å². The minimum atomic E-state index is -4.43. The molecule has 0 saturated heterocycles. The molecule has 28 heavy (non-hydrogen) atoms. The maximum Gasteiger partial charge on any atom is 0.416 e. The van der Waals surface area contributed by atoms with Crippen molar-refractivity contribution in [1.82, 2.24) is 0 Å². The van der Waals surface area contributed by atoms with Gasteiger partial charge in [-0.2, -0.15) is 13.2 Å². The largest absolute Gasteiger partial charge is 0.416 e. The van der Waals surface area contributed by atoms with Gasteiger partial charge in [0.1, 0.15) is 0 Å². The molecular weight excluding hydrogens is 369 g/mol. The summed E-state index contributed by atoms with van der Waals surface area (Å²) in [6.45, 7) is 0. The topological polar surface area (TPSA) is 58.2 Å². The highest BCUT2D eigenvalue weighted by Gasteiger charge is 2.30. The number of alkyl halides is 3. The van der Waals surface area contributed by atoms with Crippen LogP contribution >= 0.6 is 0 Å². The summed E-state index contributed by atoms with van der Waals surface area (Å²) in [5.41, 5.74) is 0.785. The van der Waals surface area contributed by atoms with E-state index in [0.29, 0.717) is 16.8 Å². The maximum atomic E-state index is 12.6. The summed E-state index contributed by atoms with van der Waals surface area (Å²) in [7, 11) is 0. The summed E-state index contributed by atoms with van der Waals surface area (Å²) in [5, 5.41) is 5.25. The van der Waals surface area contributed by atoms with Crippen molar-refractivity contribution < 1.29 is 22.8 Å². The number of rotatable bonds is 4. The van der Waals surface area contributed by atoms with Gasteiger partial charge in [0.15, 0.2) is 0 Å². The molecule has 0 heterocycles. The first-order valence-corrected chi connectivity index (χ1v) is 8.28. The molecule has 0 spiro atoms. The zero-order valence-electron chi connectivity index (χ0n) is 14.5. The quantitative estimate of drug-likeness (QED) is 0.649. The lowest BCUT2D eigenvalue weighted by Gasteiger charge is -2.09. The van der Waals surface area contributed by atoms with Gasteiger partial charge in [-0.1, -0.05) is 18.2 Å². The third-order valence-corrected chi connectivity index (χ3v) is 3.91. The van der Waals surface area contributed by atoms with Gasteiger partial charge < -0.3 is 10.6 Å². The molecule has 3 aromatic carbocycles. The zero-order valence-corrected chi connectivity index (χ0v) is 14.5. The highest BCUT2D eigenvalue weighted by Crippen LogP contribution is 2.29. The van der Waals surface area contributed by atoms with Crippen molar-refractivity contribution in [3.8, 4) is 0 Å². The third kappa shape index (κ3) is 4.76. The van der Waals surface area contributed by atoms with Gasteiger partial charge in [0.2, 0.25) is 0 Å². The molecule has 7 heteroatoms. The van der Waals surface area contributed by atoms with E-state index in [4.69, 9.17) is 0 Å². The number of carbonyl (C=O) groups is 2. The Hall–Kier alpha value is -3.61. The number of amides is 2. The van der Waals surface area contributed by atoms with Crippen LogP contribution < -0.4 is 10.6 Å². The van der Waals surface area contributed by atoms with Crippen molar-refractivity contribution in [2.45, 2.75) is 6.18 Å². The van der Waals surface area contributed by atoms with Crippen molar-refractivity contribution >= 4 is 23.2 Å². The van der Waals surface area contributed by atoms with E-state index < -0.39 is 17.6 Å². The summed E-state index contributed by atoms with van der Waals surface area (Å²) in [5.74, 6) is -0.747. The summed E-state index contributed by atoms with van der Waals surface area (Å²) in [6.07, 6.45) is -4.43. The maximum absolute atomic E-state index is 12.6. The second-order valence-electron chi connectivity index (χ2n) is 5.93. The predicted octanol–water partition coefficient (Wildman–Crippen LogP) is 5.21. The van der Waals surface area contributed by atoms with Gasteiger partial charge in [-0.05, 0) is 60.7 Å². The molecule has 2 amide bonds. The monoisotopic (exact) mass is 384 g/mol. The van der Waals surface area contributed by atoms with Crippen LogP contribution in [0.4, 0.5) is 24.5 Å². The number of nitrogens with one attached hydrogen (secondary N) is 2. The molecule has 0 unspecified atom stereocenters. The van der Waals surface area contributed by atoms with Crippen molar-refractivity contribution in [3.05, 3.63) is 95.6 Å². The number of benzene rings is 3. The number of anilines is 2. The van der Waals surface area contributed by atoms with Gasteiger partial charge in [0.05, 0.1) is 5.56 Å². The molecule has 0 aromatic heterocycles. The standard InChI is InChI=1S/C21H15F3N2O2/c22-21(23,24)16-8-12-18(13-9-16)26-20(28)15-6-10-17(11-7-15)25-19(27)14-4-2-1-3-5-14/h1-13H,(H,25,27)(H,26,28). The molecule has 2 N–H and O–H groups in total. The third-order valence-electron chi connectivity index (χ3n) is 3.91. The van der Waals surface area contributed by atoms with Crippen molar-refractivity contribution in [1.29, 1.82) is 0 Å². The van der Waals surface area contributed by atoms with Crippen LogP contribution in [0.5, 0.6) is 0 Å². The van der Waals surface area contributed by atoms with Crippen LogP contribution in [0.1, 0.15) is 26.3 Å². The van der Waals surface area contributed by atoms with E-state index in [1.807, 2.05) is 0 Å². The van der Waals surface area contributed by atoms with Gasteiger partial charge in [0, 0.05) is 22.5 Å². The molecule has 0 saturated carbocycles. The second-order valence-corrected chi connectivity index (χ2v) is 5.93. The fourth-order valence-electron chi connectivity index (χ4n) is 2.44. The van der Waals surface area contributed by atoms with E-state index in [0.717, 1.165) is 12.1 Å². The van der Waals surface area contributed by atoms with E-state index >= 15 is 0 Å². The Morgan fingerprint density at radius 3 is 1.50 bits per heavy atom. The molecule has 4 nitrogen and oxygen atoms in total. The van der Waals surface area contributed by atoms with Gasteiger partial charge in [0.25, 0.3) is 11.8 Å². The zero-order chi connectivity index (χ0) is 20.1. The van der Waals surface area contributed by atoms with Crippen LogP contribution in [0.2, 0.25) is 0 Å². The van der Waals surface area contributed by atoms with E-state index in [-0.39, 0.29) is 11.6 Å². The van der Waals surface area contributed by atoms with Crippen LogP contribution in [0, 0.1) is 0 Å². The van der Waals surface area contributed by atoms with Crippen LogP contribution in [0.3, 0.4) is 0 Å². The molecule has 0 aliphatic rings. The molecule has 0 radical (unpaired) electrons. The minimum absolute atomic E-state index is 0.249. The Bertz CT molecular complexity index is 967. The molecule has 0 aliphatic carbocycles. The van der Waals surface area contributed by atoms with E-state index in [1.165, 1.54) is 24.3 Å². The highest BCUT2D eigenvalue weighted by molar-refractivity contribution is 6.06. The Morgan fingerprint density at radius 2 is 1.04 bits per heavy atom. The van der Waals surface area contributed by atoms with Gasteiger partial charge >= 0.3 is 6.18 Å². The molecule has 0 aliphatic heterocycles. The van der Waals surface area contributed by atoms with Gasteiger partial charge in [-0.3, -0.25) is 9.59 Å². The Labute approximate surface area is 159 Å². The summed E-state index contributed by atoms with van der Waals surface area (Å²) < 4.78 is 37.7. The average molecular weight is 384 g/mol. The number of hydrogen-bond acceptors (Lipinski definition) is 2. The lowest BCUT2D eigenvalue weighted by molar-refractivity contribution is -0.137. The van der Waals surface area contributed by atoms with Gasteiger partial charge in [-0.25, -0.2) is 0 Å². The van der Waals surface area contributed by atoms with E-state index in [9.17, 15) is 22.8 Å². The van der Waals surface area contributed by atoms with Crippen molar-refractivity contribution in [3.63, 3.8) is 0 Å². The first-order valence-electron chi connectivity index (χ1n) is 8.28. The van der Waals surface area contributed by atoms with E-state index in [1.54, 1.807) is 42.5 Å². The first kappa shape index (κ1) is 19.2. The molecule has 0 bridgehead atoms. The van der Waals surface area contributed by atoms with Crippen LogP contribution in [-0.2, 0) is 6.18 Å². The Balaban J connectivity index is 1.63. The second kappa shape index (κ2) is 7.96. The molecule has 3 rings (SSSR count). The number of hydrogen-bond donors (Lipinski definition) is 2. The molecule has 3 aromatic rings. The first-order chi connectivity index (χ1) is 13.3. The minimum Gasteiger partial charge on any atom is -0.322 e. The van der Waals surface area contributed by atoms with Crippen LogP contribution in [0.15, 0.2) is 78.9 Å². The fourth-order valence-corrected chi connectivity index (χ4v) is 2.44. The van der Waals surface area contributed by atoms with Gasteiger partial charge in [-0.15, -0.1) is 0 Å². The Morgan fingerprint density at radius 1 is 0.607 bits per heavy atom. The number of carbonyl (C=O) groups excluding carboxylic acids is 2. The summed E-state index contributed by atoms with van der Waals surface area (Å²) in [6, 6.07) is 19.0. The molecule has 0 atom stereocenters. The lowest BCUT2D eigenvalue weighted by atomic mass is 10.1. The summed E-state index contributed by atoms with van der Waals surface area (Å²) in [4.78, 5) is 24.3. The molecule has 142 valence electrons. The van der Waals surface area contributed by atoms with Crippen LogP contribution in [0.25, 0.3) is 0 Å². The highest BCUT2D eigenvalue weighted by atomic mass is 19.4. The smallest absolute Gasteiger partial charge is 0.322 e. The summed E-state index contributed by atoms with van der Waals surface area (Å²) >= 11 is 0.